The van der Waals surface area contributed by atoms with Gasteiger partial charge in [-0.05, 0) is 53.1 Å². The molecular formula is C21H20ClNO2. The van der Waals surface area contributed by atoms with Gasteiger partial charge < -0.3 is 10.1 Å². The monoisotopic (exact) mass is 353 g/mol. The van der Waals surface area contributed by atoms with Gasteiger partial charge in [0, 0.05) is 18.0 Å². The van der Waals surface area contributed by atoms with E-state index in [1.54, 1.807) is 12.1 Å². The van der Waals surface area contributed by atoms with Crippen molar-refractivity contribution in [1.29, 1.82) is 0 Å². The molecule has 0 bridgehead atoms. The standard InChI is InChI=1S/C21H20ClNO2/c22-19-9-11-20(12-10-19)25-13-3-6-21(24)23-15-16-7-8-17-4-1-2-5-18(17)14-16/h1-2,4-5,7-12,14H,3,6,13,15H2,(H,23,24). The molecule has 3 aromatic carbocycles. The Morgan fingerprint density at radius 2 is 1.72 bits per heavy atom. The highest BCUT2D eigenvalue weighted by Gasteiger charge is 2.03. The van der Waals surface area contributed by atoms with Crippen molar-refractivity contribution in [2.45, 2.75) is 19.4 Å². The van der Waals surface area contributed by atoms with E-state index in [1.165, 1.54) is 10.8 Å². The highest BCUT2D eigenvalue weighted by molar-refractivity contribution is 6.30. The maximum absolute atomic E-state index is 12.0. The molecule has 3 aromatic rings. The normalized spacial score (nSPS) is 10.6. The first-order valence-corrected chi connectivity index (χ1v) is 8.71. The predicted octanol–water partition coefficient (Wildman–Crippen LogP) is 4.97. The zero-order chi connectivity index (χ0) is 17.5. The van der Waals surface area contributed by atoms with Crippen molar-refractivity contribution in [3.05, 3.63) is 77.3 Å². The van der Waals surface area contributed by atoms with Gasteiger partial charge in [0.25, 0.3) is 0 Å². The molecule has 0 aromatic heterocycles. The van der Waals surface area contributed by atoms with Gasteiger partial charge in [-0.2, -0.15) is 0 Å². The third kappa shape index (κ3) is 5.23. The molecule has 0 saturated heterocycles. The summed E-state index contributed by atoms with van der Waals surface area (Å²) in [7, 11) is 0. The fourth-order valence-corrected chi connectivity index (χ4v) is 2.72. The molecule has 0 atom stereocenters. The Kier molecular flexibility index (Phi) is 5.91. The van der Waals surface area contributed by atoms with E-state index < -0.39 is 0 Å². The minimum Gasteiger partial charge on any atom is -0.494 e. The topological polar surface area (TPSA) is 38.3 Å². The number of hydrogen-bond acceptors (Lipinski definition) is 2. The number of carbonyl (C=O) groups is 1. The molecule has 0 saturated carbocycles. The highest BCUT2D eigenvalue weighted by Crippen LogP contribution is 2.16. The van der Waals surface area contributed by atoms with Crippen molar-refractivity contribution in [3.8, 4) is 5.75 Å². The summed E-state index contributed by atoms with van der Waals surface area (Å²) < 4.78 is 5.58. The van der Waals surface area contributed by atoms with Crippen molar-refractivity contribution in [2.24, 2.45) is 0 Å². The van der Waals surface area contributed by atoms with E-state index in [0.717, 1.165) is 11.3 Å². The van der Waals surface area contributed by atoms with Crippen LogP contribution in [-0.4, -0.2) is 12.5 Å². The fourth-order valence-electron chi connectivity index (χ4n) is 2.59. The van der Waals surface area contributed by atoms with Crippen LogP contribution in [0.1, 0.15) is 18.4 Å². The van der Waals surface area contributed by atoms with E-state index in [-0.39, 0.29) is 5.91 Å². The summed E-state index contributed by atoms with van der Waals surface area (Å²) in [5.41, 5.74) is 1.10. The number of ether oxygens (including phenoxy) is 1. The summed E-state index contributed by atoms with van der Waals surface area (Å²) in [6.07, 6.45) is 1.12. The predicted molar refractivity (Wildman–Crippen MR) is 102 cm³/mol. The quantitative estimate of drug-likeness (QED) is 0.609. The Bertz CT molecular complexity index is 846. The second-order valence-electron chi connectivity index (χ2n) is 5.86. The molecular weight excluding hydrogens is 334 g/mol. The summed E-state index contributed by atoms with van der Waals surface area (Å²) in [6, 6.07) is 21.7. The van der Waals surface area contributed by atoms with Crippen LogP contribution in [0.25, 0.3) is 10.8 Å². The van der Waals surface area contributed by atoms with Gasteiger partial charge >= 0.3 is 0 Å². The van der Waals surface area contributed by atoms with Crippen LogP contribution >= 0.6 is 11.6 Å². The lowest BCUT2D eigenvalue weighted by atomic mass is 10.1. The van der Waals surface area contributed by atoms with Crippen LogP contribution < -0.4 is 10.1 Å². The van der Waals surface area contributed by atoms with E-state index in [2.05, 4.69) is 29.6 Å². The largest absolute Gasteiger partial charge is 0.494 e. The summed E-state index contributed by atoms with van der Waals surface area (Å²) in [6.45, 7) is 1.05. The number of benzene rings is 3. The number of halogens is 1. The Morgan fingerprint density at radius 1 is 0.960 bits per heavy atom. The van der Waals surface area contributed by atoms with Gasteiger partial charge in [0.15, 0.2) is 0 Å². The van der Waals surface area contributed by atoms with Crippen LogP contribution in [0.2, 0.25) is 5.02 Å². The fraction of sp³-hybridized carbons (Fsp3) is 0.190. The van der Waals surface area contributed by atoms with Gasteiger partial charge in [-0.3, -0.25) is 4.79 Å². The lowest BCUT2D eigenvalue weighted by molar-refractivity contribution is -0.121. The van der Waals surface area contributed by atoms with Crippen LogP contribution in [0.15, 0.2) is 66.7 Å². The molecule has 0 aliphatic rings. The number of hydrogen-bond donors (Lipinski definition) is 1. The molecule has 0 aliphatic heterocycles. The molecule has 1 amide bonds. The van der Waals surface area contributed by atoms with Crippen molar-refractivity contribution >= 4 is 28.3 Å². The van der Waals surface area contributed by atoms with Crippen molar-refractivity contribution in [3.63, 3.8) is 0 Å². The first-order chi connectivity index (χ1) is 12.2. The third-order valence-electron chi connectivity index (χ3n) is 3.93. The first kappa shape index (κ1) is 17.3. The molecule has 0 fully saturated rings. The van der Waals surface area contributed by atoms with Crippen LogP contribution in [-0.2, 0) is 11.3 Å². The number of nitrogens with one attached hydrogen (secondary N) is 1. The number of rotatable bonds is 7. The Labute approximate surface area is 152 Å². The van der Waals surface area contributed by atoms with Gasteiger partial charge in [-0.25, -0.2) is 0 Å². The number of amides is 1. The molecule has 0 aliphatic carbocycles. The number of carbonyl (C=O) groups excluding carboxylic acids is 1. The lowest BCUT2D eigenvalue weighted by Crippen LogP contribution is -2.22. The van der Waals surface area contributed by atoms with Crippen molar-refractivity contribution in [1.82, 2.24) is 5.32 Å². The smallest absolute Gasteiger partial charge is 0.220 e. The van der Waals surface area contributed by atoms with Crippen LogP contribution in [0.4, 0.5) is 0 Å². The summed E-state index contributed by atoms with van der Waals surface area (Å²) in [5.74, 6) is 0.800. The van der Waals surface area contributed by atoms with Gasteiger partial charge in [-0.15, -0.1) is 0 Å². The minimum atomic E-state index is 0.0351. The van der Waals surface area contributed by atoms with Gasteiger partial charge in [0.05, 0.1) is 6.61 Å². The Balaban J connectivity index is 1.39. The Morgan fingerprint density at radius 3 is 2.52 bits per heavy atom. The highest BCUT2D eigenvalue weighted by atomic mass is 35.5. The molecule has 25 heavy (non-hydrogen) atoms. The minimum absolute atomic E-state index is 0.0351. The van der Waals surface area contributed by atoms with Gasteiger partial charge in [0.1, 0.15) is 5.75 Å². The van der Waals surface area contributed by atoms with E-state index in [1.807, 2.05) is 30.3 Å². The molecule has 0 spiro atoms. The third-order valence-corrected chi connectivity index (χ3v) is 4.19. The van der Waals surface area contributed by atoms with E-state index in [4.69, 9.17) is 16.3 Å². The molecule has 0 heterocycles. The van der Waals surface area contributed by atoms with E-state index >= 15 is 0 Å². The van der Waals surface area contributed by atoms with Crippen molar-refractivity contribution < 1.29 is 9.53 Å². The van der Waals surface area contributed by atoms with Gasteiger partial charge in [-0.1, -0.05) is 48.0 Å². The molecule has 128 valence electrons. The number of fused-ring (bicyclic) bond motifs is 1. The molecule has 3 nitrogen and oxygen atoms in total. The second-order valence-corrected chi connectivity index (χ2v) is 6.30. The van der Waals surface area contributed by atoms with Crippen molar-refractivity contribution in [2.75, 3.05) is 6.61 Å². The molecule has 0 unspecified atom stereocenters. The molecule has 1 N–H and O–H groups in total. The SMILES string of the molecule is O=C(CCCOc1ccc(Cl)cc1)NCc1ccc2ccccc2c1. The van der Waals surface area contributed by atoms with Crippen LogP contribution in [0.5, 0.6) is 5.75 Å². The first-order valence-electron chi connectivity index (χ1n) is 8.33. The Hall–Kier alpha value is -2.52. The van der Waals surface area contributed by atoms with Crippen LogP contribution in [0.3, 0.4) is 0 Å². The zero-order valence-electron chi connectivity index (χ0n) is 13.9. The molecule has 0 radical (unpaired) electrons. The van der Waals surface area contributed by atoms with E-state index in [0.29, 0.717) is 31.0 Å². The lowest BCUT2D eigenvalue weighted by Gasteiger charge is -2.08. The maximum atomic E-state index is 12.0. The molecule has 3 rings (SSSR count). The summed E-state index contributed by atoms with van der Waals surface area (Å²) >= 11 is 5.82. The average Bonchev–Trinajstić information content (AvgIpc) is 2.65. The maximum Gasteiger partial charge on any atom is 0.220 e. The molecule has 4 heteroatoms. The van der Waals surface area contributed by atoms with Gasteiger partial charge in [0.2, 0.25) is 5.91 Å². The average molecular weight is 354 g/mol. The summed E-state index contributed by atoms with van der Waals surface area (Å²) in [4.78, 5) is 12.0. The zero-order valence-corrected chi connectivity index (χ0v) is 14.6. The van der Waals surface area contributed by atoms with E-state index in [9.17, 15) is 4.79 Å². The second kappa shape index (κ2) is 8.54. The van der Waals surface area contributed by atoms with Crippen LogP contribution in [0, 0.1) is 0 Å². The summed E-state index contributed by atoms with van der Waals surface area (Å²) in [5, 5.41) is 6.03.